The highest BCUT2D eigenvalue weighted by Gasteiger charge is 2.28. The first kappa shape index (κ1) is 11.0. The summed E-state index contributed by atoms with van der Waals surface area (Å²) in [5.74, 6) is -0.942. The lowest BCUT2D eigenvalue weighted by molar-refractivity contribution is 0.0693. The molecule has 0 amide bonds. The van der Waals surface area contributed by atoms with Gasteiger partial charge in [-0.2, -0.15) is 0 Å². The van der Waals surface area contributed by atoms with Crippen LogP contribution in [0.25, 0.3) is 0 Å². The Kier molecular flexibility index (Phi) is 2.83. The molecule has 0 saturated heterocycles. The van der Waals surface area contributed by atoms with Crippen molar-refractivity contribution in [3.05, 3.63) is 40.3 Å². The van der Waals surface area contributed by atoms with Crippen molar-refractivity contribution in [2.45, 2.75) is 19.3 Å². The fraction of sp³-hybridized carbons (Fsp3) is 0.273. The van der Waals surface area contributed by atoms with Gasteiger partial charge < -0.3 is 9.63 Å². The molecule has 84 valence electrons. The van der Waals surface area contributed by atoms with Gasteiger partial charge in [0, 0.05) is 5.03 Å². The summed E-state index contributed by atoms with van der Waals surface area (Å²) in [5.41, 5.74) is 0.494. The Hall–Kier alpha value is -1.55. The lowest BCUT2D eigenvalue weighted by Crippen LogP contribution is -2.07. The number of aromatic nitrogens is 1. The number of aryl methyl sites for hydroxylation is 1. The minimum atomic E-state index is -1.03. The number of halogens is 1. The summed E-state index contributed by atoms with van der Waals surface area (Å²) < 4.78 is 5.08. The quantitative estimate of drug-likeness (QED) is 0.862. The van der Waals surface area contributed by atoms with Gasteiger partial charge in [-0.15, -0.1) is 0 Å². The Morgan fingerprint density at radius 1 is 1.69 bits per heavy atom. The Morgan fingerprint density at radius 3 is 3.06 bits per heavy atom. The SMILES string of the molecule is Cc1noc(C2CC=CC=C2Cl)c1C(=O)O. The van der Waals surface area contributed by atoms with Crippen molar-refractivity contribution in [1.29, 1.82) is 0 Å². The Balaban J connectivity index is 2.45. The number of hydrogen-bond donors (Lipinski definition) is 1. The lowest BCUT2D eigenvalue weighted by atomic mass is 9.94. The molecule has 1 aromatic heterocycles. The van der Waals surface area contributed by atoms with E-state index in [1.54, 1.807) is 13.0 Å². The van der Waals surface area contributed by atoms with Gasteiger partial charge in [-0.3, -0.25) is 0 Å². The van der Waals surface area contributed by atoms with Gasteiger partial charge in [0.05, 0.1) is 11.6 Å². The molecule has 0 saturated carbocycles. The van der Waals surface area contributed by atoms with Crippen molar-refractivity contribution in [2.75, 3.05) is 0 Å². The molecule has 4 nitrogen and oxygen atoms in total. The monoisotopic (exact) mass is 239 g/mol. The zero-order valence-corrected chi connectivity index (χ0v) is 9.36. The van der Waals surface area contributed by atoms with E-state index < -0.39 is 5.97 Å². The second kappa shape index (κ2) is 4.14. The topological polar surface area (TPSA) is 63.3 Å². The van der Waals surface area contributed by atoms with Crippen LogP contribution in [0.4, 0.5) is 0 Å². The molecule has 1 aliphatic rings. The minimum absolute atomic E-state index is 0.117. The van der Waals surface area contributed by atoms with Gasteiger partial charge in [-0.05, 0) is 19.4 Å². The molecule has 2 rings (SSSR count). The molecule has 0 spiro atoms. The second-order valence-electron chi connectivity index (χ2n) is 3.58. The van der Waals surface area contributed by atoms with Crippen LogP contribution in [0.2, 0.25) is 0 Å². The summed E-state index contributed by atoms with van der Waals surface area (Å²) >= 11 is 6.03. The normalized spacial score (nSPS) is 19.6. The predicted octanol–water partition coefficient (Wildman–Crippen LogP) is 2.85. The van der Waals surface area contributed by atoms with Crippen molar-refractivity contribution in [2.24, 2.45) is 0 Å². The summed E-state index contributed by atoms with van der Waals surface area (Å²) in [6.45, 7) is 1.60. The molecule has 1 aromatic rings. The molecule has 0 radical (unpaired) electrons. The number of rotatable bonds is 2. The van der Waals surface area contributed by atoms with Crippen LogP contribution in [-0.2, 0) is 0 Å². The van der Waals surface area contributed by atoms with E-state index in [2.05, 4.69) is 5.16 Å². The molecule has 1 heterocycles. The maximum absolute atomic E-state index is 11.1. The molecule has 1 unspecified atom stereocenters. The van der Waals surface area contributed by atoms with E-state index in [9.17, 15) is 4.79 Å². The number of nitrogens with zero attached hydrogens (tertiary/aromatic N) is 1. The van der Waals surface area contributed by atoms with Crippen LogP contribution in [0, 0.1) is 6.92 Å². The van der Waals surface area contributed by atoms with Crippen LogP contribution >= 0.6 is 11.6 Å². The maximum atomic E-state index is 11.1. The van der Waals surface area contributed by atoms with E-state index in [1.807, 2.05) is 12.2 Å². The van der Waals surface area contributed by atoms with Crippen LogP contribution in [0.15, 0.2) is 27.8 Å². The summed E-state index contributed by atoms with van der Waals surface area (Å²) in [6.07, 6.45) is 6.12. The number of allylic oxidation sites excluding steroid dienone is 4. The first-order valence-electron chi connectivity index (χ1n) is 4.83. The summed E-state index contributed by atoms with van der Waals surface area (Å²) in [5, 5.41) is 13.3. The first-order valence-corrected chi connectivity index (χ1v) is 5.20. The number of carboxylic acid groups (broad SMARTS) is 1. The van der Waals surface area contributed by atoms with Gasteiger partial charge in [0.1, 0.15) is 5.56 Å². The molecular weight excluding hydrogens is 230 g/mol. The maximum Gasteiger partial charge on any atom is 0.341 e. The third-order valence-corrected chi connectivity index (χ3v) is 2.91. The van der Waals surface area contributed by atoms with Crippen LogP contribution in [-0.4, -0.2) is 16.2 Å². The summed E-state index contributed by atoms with van der Waals surface area (Å²) in [6, 6.07) is 0. The van der Waals surface area contributed by atoms with Gasteiger partial charge in [0.2, 0.25) is 0 Å². The molecule has 0 bridgehead atoms. The van der Waals surface area contributed by atoms with Crippen molar-refractivity contribution >= 4 is 17.6 Å². The minimum Gasteiger partial charge on any atom is -0.477 e. The molecule has 5 heteroatoms. The molecule has 0 aromatic carbocycles. The average Bonchev–Trinajstić information content (AvgIpc) is 2.61. The van der Waals surface area contributed by atoms with Crippen LogP contribution in [0.5, 0.6) is 0 Å². The van der Waals surface area contributed by atoms with E-state index in [4.69, 9.17) is 21.2 Å². The molecular formula is C11H10ClNO3. The average molecular weight is 240 g/mol. The number of aromatic carboxylic acids is 1. The number of carboxylic acids is 1. The van der Waals surface area contributed by atoms with Crippen molar-refractivity contribution < 1.29 is 14.4 Å². The summed E-state index contributed by atoms with van der Waals surface area (Å²) in [4.78, 5) is 11.1. The molecule has 0 fully saturated rings. The first-order chi connectivity index (χ1) is 7.61. The molecule has 16 heavy (non-hydrogen) atoms. The van der Waals surface area contributed by atoms with Gasteiger partial charge in [-0.1, -0.05) is 28.9 Å². The number of hydrogen-bond acceptors (Lipinski definition) is 3. The molecule has 1 atom stereocenters. The van der Waals surface area contributed by atoms with Crippen LogP contribution in [0.1, 0.15) is 34.2 Å². The van der Waals surface area contributed by atoms with Crippen molar-refractivity contribution in [3.63, 3.8) is 0 Å². The van der Waals surface area contributed by atoms with Crippen molar-refractivity contribution in [3.8, 4) is 0 Å². The van der Waals surface area contributed by atoms with E-state index in [1.165, 1.54) is 0 Å². The zero-order chi connectivity index (χ0) is 11.7. The lowest BCUT2D eigenvalue weighted by Gasteiger charge is -2.14. The van der Waals surface area contributed by atoms with Gasteiger partial charge >= 0.3 is 5.97 Å². The zero-order valence-electron chi connectivity index (χ0n) is 8.61. The highest BCUT2D eigenvalue weighted by molar-refractivity contribution is 6.30. The molecule has 0 aliphatic heterocycles. The Morgan fingerprint density at radius 2 is 2.44 bits per heavy atom. The highest BCUT2D eigenvalue weighted by Crippen LogP contribution is 2.36. The molecule has 1 N–H and O–H groups in total. The van der Waals surface area contributed by atoms with Gasteiger partial charge in [-0.25, -0.2) is 4.79 Å². The van der Waals surface area contributed by atoms with E-state index >= 15 is 0 Å². The van der Waals surface area contributed by atoms with Crippen LogP contribution in [0.3, 0.4) is 0 Å². The largest absolute Gasteiger partial charge is 0.477 e. The molecule has 1 aliphatic carbocycles. The third kappa shape index (κ3) is 1.76. The fourth-order valence-corrected chi connectivity index (χ4v) is 1.98. The third-order valence-electron chi connectivity index (χ3n) is 2.52. The standard InChI is InChI=1S/C11H10ClNO3/c1-6-9(11(14)15)10(16-13-6)7-4-2-3-5-8(7)12/h2-3,5,7H,4H2,1H3,(H,14,15). The van der Waals surface area contributed by atoms with Crippen LogP contribution < -0.4 is 0 Å². The van der Waals surface area contributed by atoms with Gasteiger partial charge in [0.15, 0.2) is 5.76 Å². The second-order valence-corrected chi connectivity index (χ2v) is 4.02. The van der Waals surface area contributed by atoms with E-state index in [0.29, 0.717) is 22.9 Å². The number of carbonyl (C=O) groups is 1. The van der Waals surface area contributed by atoms with E-state index in [0.717, 1.165) is 0 Å². The van der Waals surface area contributed by atoms with E-state index in [-0.39, 0.29) is 11.5 Å². The highest BCUT2D eigenvalue weighted by atomic mass is 35.5. The summed E-state index contributed by atoms with van der Waals surface area (Å²) in [7, 11) is 0. The smallest absolute Gasteiger partial charge is 0.341 e. The Bertz CT molecular complexity index is 487. The predicted molar refractivity (Wildman–Crippen MR) is 58.6 cm³/mol. The Labute approximate surface area is 97.2 Å². The van der Waals surface area contributed by atoms with Crippen molar-refractivity contribution in [1.82, 2.24) is 5.16 Å². The fourth-order valence-electron chi connectivity index (χ4n) is 1.72. The van der Waals surface area contributed by atoms with Gasteiger partial charge in [0.25, 0.3) is 0 Å².